The van der Waals surface area contributed by atoms with Gasteiger partial charge in [0.25, 0.3) is 0 Å². The van der Waals surface area contributed by atoms with Crippen molar-refractivity contribution in [3.63, 3.8) is 0 Å². The first kappa shape index (κ1) is 27.1. The van der Waals surface area contributed by atoms with Crippen molar-refractivity contribution in [3.05, 3.63) is 35.4 Å². The number of rotatable bonds is 10. The maximum Gasteiger partial charge on any atom is 0.335 e. The number of carbonyl (C=O) groups excluding carboxylic acids is 2. The van der Waals surface area contributed by atoms with Crippen LogP contribution in [0.4, 0.5) is 0 Å². The molecule has 32 heavy (non-hydrogen) atoms. The van der Waals surface area contributed by atoms with Gasteiger partial charge in [0, 0.05) is 0 Å². The number of hydrogen-bond acceptors (Lipinski definition) is 6. The summed E-state index contributed by atoms with van der Waals surface area (Å²) in [5.41, 5.74) is 0.167. The van der Waals surface area contributed by atoms with Gasteiger partial charge in [-0.2, -0.15) is 0 Å². The molecule has 0 atom stereocenters. The lowest BCUT2D eigenvalue weighted by Crippen LogP contribution is -2.27. The largest absolute Gasteiger partial charge is 0.478 e. The van der Waals surface area contributed by atoms with Gasteiger partial charge in [0.05, 0.1) is 24.3 Å². The Balaban J connectivity index is 0.000000363. The van der Waals surface area contributed by atoms with Gasteiger partial charge >= 0.3 is 23.9 Å². The number of carboxylic acids is 2. The second kappa shape index (κ2) is 15.8. The van der Waals surface area contributed by atoms with Crippen LogP contribution in [0.25, 0.3) is 0 Å². The van der Waals surface area contributed by atoms with Gasteiger partial charge in [0.1, 0.15) is 0 Å². The fourth-order valence-corrected chi connectivity index (χ4v) is 3.14. The fraction of sp³-hybridized carbons (Fsp3) is 0.583. The Morgan fingerprint density at radius 1 is 0.781 bits per heavy atom. The van der Waals surface area contributed by atoms with Crippen LogP contribution in [0.1, 0.15) is 91.8 Å². The van der Waals surface area contributed by atoms with E-state index in [0.29, 0.717) is 19.6 Å². The van der Waals surface area contributed by atoms with E-state index < -0.39 is 29.8 Å². The Morgan fingerprint density at radius 3 is 1.59 bits per heavy atom. The predicted octanol–water partition coefficient (Wildman–Crippen LogP) is 4.71. The lowest BCUT2D eigenvalue weighted by atomic mass is 10.00. The summed E-state index contributed by atoms with van der Waals surface area (Å²) in [6.07, 6.45) is 10.3. The first-order valence-electron chi connectivity index (χ1n) is 11.3. The summed E-state index contributed by atoms with van der Waals surface area (Å²) < 4.78 is 10.2. The van der Waals surface area contributed by atoms with Crippen LogP contribution in [0.5, 0.6) is 0 Å². The average Bonchev–Trinajstić information content (AvgIpc) is 2.85. The van der Waals surface area contributed by atoms with Gasteiger partial charge in [0.15, 0.2) is 5.92 Å². The molecule has 2 N–H and O–H groups in total. The maximum atomic E-state index is 11.8. The van der Waals surface area contributed by atoms with Crippen molar-refractivity contribution in [2.45, 2.75) is 71.1 Å². The van der Waals surface area contributed by atoms with Crippen molar-refractivity contribution >= 4 is 23.9 Å². The number of carbonyl (C=O) groups is 4. The van der Waals surface area contributed by atoms with Crippen molar-refractivity contribution in [1.82, 2.24) is 0 Å². The molecule has 1 fully saturated rings. The first-order valence-corrected chi connectivity index (χ1v) is 11.3. The van der Waals surface area contributed by atoms with Crippen molar-refractivity contribution in [2.75, 3.05) is 13.2 Å². The van der Waals surface area contributed by atoms with E-state index in [0.717, 1.165) is 25.7 Å². The average molecular weight is 451 g/mol. The molecule has 1 aromatic carbocycles. The molecule has 0 aliphatic carbocycles. The highest BCUT2D eigenvalue weighted by Crippen LogP contribution is 2.17. The summed E-state index contributed by atoms with van der Waals surface area (Å²) in [5, 5.41) is 16.9. The second-order valence-electron chi connectivity index (χ2n) is 7.69. The van der Waals surface area contributed by atoms with E-state index in [4.69, 9.17) is 19.7 Å². The molecule has 2 rings (SSSR count). The summed E-state index contributed by atoms with van der Waals surface area (Å²) in [6, 6.07) is 5.02. The minimum atomic E-state index is -1.06. The zero-order valence-corrected chi connectivity index (χ0v) is 18.7. The molecular weight excluding hydrogens is 416 g/mol. The number of carboxylic acid groups (broad SMARTS) is 2. The molecule has 1 aliphatic heterocycles. The third kappa shape index (κ3) is 10.9. The van der Waals surface area contributed by atoms with Crippen LogP contribution in [0.2, 0.25) is 0 Å². The Hall–Kier alpha value is -2.90. The van der Waals surface area contributed by atoms with Crippen LogP contribution in [-0.2, 0) is 19.1 Å². The summed E-state index contributed by atoms with van der Waals surface area (Å²) in [4.78, 5) is 44.3. The highest BCUT2D eigenvalue weighted by molar-refractivity contribution is 5.95. The number of hydrogen-bond donors (Lipinski definition) is 2. The van der Waals surface area contributed by atoms with Gasteiger partial charge in [-0.3, -0.25) is 9.59 Å². The molecule has 178 valence electrons. The molecule has 1 aliphatic rings. The highest BCUT2D eigenvalue weighted by atomic mass is 16.6. The smallest absolute Gasteiger partial charge is 0.335 e. The summed E-state index contributed by atoms with van der Waals surface area (Å²) >= 11 is 0. The van der Waals surface area contributed by atoms with Crippen LogP contribution in [0, 0.1) is 5.92 Å². The summed E-state index contributed by atoms with van der Waals surface area (Å²) in [6.45, 7) is 3.01. The van der Waals surface area contributed by atoms with Crippen LogP contribution in [-0.4, -0.2) is 47.3 Å². The van der Waals surface area contributed by atoms with Gasteiger partial charge in [-0.05, 0) is 43.5 Å². The molecule has 0 radical (unpaired) electrons. The standard InChI is InChI=1S/C16H28O4.C8H6O4/c1-2-3-4-5-6-7-8-11-14-15(17)19-12-9-10-13-20-16(14)18;9-7(10)5-1-2-6(4-3-5)8(11)12/h14H,2-13H2,1H3;1-4H,(H,9,10)(H,11,12). The Morgan fingerprint density at radius 2 is 1.19 bits per heavy atom. The lowest BCUT2D eigenvalue weighted by molar-refractivity contribution is -0.161. The van der Waals surface area contributed by atoms with Gasteiger partial charge in [-0.1, -0.05) is 51.9 Å². The first-order chi connectivity index (χ1) is 15.4. The number of aromatic carboxylic acids is 2. The summed E-state index contributed by atoms with van der Waals surface area (Å²) in [5.74, 6) is -3.63. The highest BCUT2D eigenvalue weighted by Gasteiger charge is 2.29. The topological polar surface area (TPSA) is 127 Å². The van der Waals surface area contributed by atoms with Crippen LogP contribution < -0.4 is 0 Å². The molecule has 8 heteroatoms. The molecule has 0 spiro atoms. The second-order valence-corrected chi connectivity index (χ2v) is 7.69. The predicted molar refractivity (Wildman–Crippen MR) is 118 cm³/mol. The SMILES string of the molecule is CCCCCCCCCC1C(=O)OCCCCOC1=O.O=C(O)c1ccc(C(=O)O)cc1. The third-order valence-corrected chi connectivity index (χ3v) is 5.07. The maximum absolute atomic E-state index is 11.8. The van der Waals surface area contributed by atoms with E-state index in [1.165, 1.54) is 56.4 Å². The Bertz CT molecular complexity index is 673. The molecule has 1 aromatic rings. The number of cyclic esters (lactones) is 2. The van der Waals surface area contributed by atoms with E-state index in [1.807, 2.05) is 0 Å². The fourth-order valence-electron chi connectivity index (χ4n) is 3.14. The van der Waals surface area contributed by atoms with Crippen molar-refractivity contribution in [1.29, 1.82) is 0 Å². The van der Waals surface area contributed by atoms with E-state index in [1.54, 1.807) is 0 Å². The minimum Gasteiger partial charge on any atom is -0.478 e. The van der Waals surface area contributed by atoms with Gasteiger partial charge in [-0.15, -0.1) is 0 Å². The molecule has 0 unspecified atom stereocenters. The number of benzene rings is 1. The molecular formula is C24H34O8. The van der Waals surface area contributed by atoms with E-state index in [9.17, 15) is 19.2 Å². The van der Waals surface area contributed by atoms with Gasteiger partial charge in [-0.25, -0.2) is 9.59 Å². The molecule has 0 saturated carbocycles. The quantitative estimate of drug-likeness (QED) is 0.298. The lowest BCUT2D eigenvalue weighted by Gasteiger charge is -2.13. The zero-order valence-electron chi connectivity index (χ0n) is 18.7. The normalized spacial score (nSPS) is 14.7. The van der Waals surface area contributed by atoms with Crippen LogP contribution >= 0.6 is 0 Å². The molecule has 0 amide bonds. The molecule has 1 heterocycles. The summed E-state index contributed by atoms with van der Waals surface area (Å²) in [7, 11) is 0. The van der Waals surface area contributed by atoms with Gasteiger partial charge < -0.3 is 19.7 Å². The van der Waals surface area contributed by atoms with Crippen LogP contribution in [0.15, 0.2) is 24.3 Å². The molecule has 0 aromatic heterocycles. The van der Waals surface area contributed by atoms with Crippen molar-refractivity contribution in [3.8, 4) is 0 Å². The minimum absolute atomic E-state index is 0.0833. The molecule has 8 nitrogen and oxygen atoms in total. The van der Waals surface area contributed by atoms with E-state index >= 15 is 0 Å². The monoisotopic (exact) mass is 450 g/mol. The molecule has 0 bridgehead atoms. The van der Waals surface area contributed by atoms with E-state index in [2.05, 4.69) is 6.92 Å². The number of esters is 2. The molecule has 1 saturated heterocycles. The number of ether oxygens (including phenoxy) is 2. The van der Waals surface area contributed by atoms with Crippen LogP contribution in [0.3, 0.4) is 0 Å². The van der Waals surface area contributed by atoms with Crippen molar-refractivity contribution in [2.24, 2.45) is 5.92 Å². The van der Waals surface area contributed by atoms with E-state index in [-0.39, 0.29) is 11.1 Å². The Kier molecular flexibility index (Phi) is 13.4. The van der Waals surface area contributed by atoms with Gasteiger partial charge in [0.2, 0.25) is 0 Å². The number of unbranched alkanes of at least 4 members (excludes halogenated alkanes) is 6. The third-order valence-electron chi connectivity index (χ3n) is 5.07. The zero-order chi connectivity index (χ0) is 23.8. The Labute approximate surface area is 188 Å². The van der Waals surface area contributed by atoms with Crippen molar-refractivity contribution < 1.29 is 38.9 Å².